The molecule has 4 amide bonds. The molecule has 0 aliphatic carbocycles. The molecule has 5 rings (SSSR count). The number of imide groups is 2. The van der Waals surface area contributed by atoms with E-state index < -0.39 is 11.8 Å². The van der Waals surface area contributed by atoms with Crippen molar-refractivity contribution >= 4 is 23.6 Å². The van der Waals surface area contributed by atoms with E-state index in [1.54, 1.807) is 26.0 Å². The number of nitriles is 2. The molecule has 1 aromatic carbocycles. The minimum atomic E-state index is -0.495. The Bertz CT molecular complexity index is 2210. The van der Waals surface area contributed by atoms with Crippen LogP contribution in [-0.2, 0) is 32.3 Å². The van der Waals surface area contributed by atoms with E-state index in [1.807, 2.05) is 73.4 Å². The molecular weight excluding hydrogens is 869 g/mol. The van der Waals surface area contributed by atoms with Crippen molar-refractivity contribution in [3.8, 4) is 12.1 Å². The van der Waals surface area contributed by atoms with Gasteiger partial charge in [-0.15, -0.1) is 0 Å². The number of hydrogen-bond donors (Lipinski definition) is 0. The number of nitrogens with zero attached hydrogens (tertiary/aromatic N) is 6. The van der Waals surface area contributed by atoms with Gasteiger partial charge in [-0.3, -0.25) is 29.0 Å². The first-order chi connectivity index (χ1) is 34.1. The van der Waals surface area contributed by atoms with Crippen molar-refractivity contribution in [2.24, 2.45) is 0 Å². The predicted octanol–water partition coefficient (Wildman–Crippen LogP) is 13.3. The molecular formula is C60H76N6O4. The maximum Gasteiger partial charge on any atom is 0.271 e. The molecule has 10 heteroatoms. The number of benzene rings is 1. The van der Waals surface area contributed by atoms with Gasteiger partial charge in [0.1, 0.15) is 23.3 Å². The van der Waals surface area contributed by atoms with Gasteiger partial charge in [0.25, 0.3) is 23.6 Å². The highest BCUT2D eigenvalue weighted by Crippen LogP contribution is 2.28. The quantitative estimate of drug-likeness (QED) is 0.0461. The average Bonchev–Trinajstić information content (AvgIpc) is 3.36. The highest BCUT2D eigenvalue weighted by molar-refractivity contribution is 6.19. The smallest absolute Gasteiger partial charge is 0.271 e. The highest BCUT2D eigenvalue weighted by Gasteiger charge is 2.36. The molecule has 0 aromatic heterocycles. The van der Waals surface area contributed by atoms with Gasteiger partial charge in [0.2, 0.25) is 0 Å². The molecule has 0 atom stereocenters. The first-order valence-corrected chi connectivity index (χ1v) is 26.2. The summed E-state index contributed by atoms with van der Waals surface area (Å²) in [7, 11) is 0. The fraction of sp³-hybridized carbons (Fsp3) is 0.467. The third-order valence-corrected chi connectivity index (χ3v) is 13.6. The third-order valence-electron chi connectivity index (χ3n) is 13.6. The van der Waals surface area contributed by atoms with Crippen molar-refractivity contribution in [2.45, 2.75) is 169 Å². The van der Waals surface area contributed by atoms with Gasteiger partial charge in [-0.2, -0.15) is 10.5 Å². The maximum absolute atomic E-state index is 13.5. The molecule has 0 saturated heterocycles. The van der Waals surface area contributed by atoms with E-state index in [2.05, 4.69) is 47.9 Å². The number of allylic oxidation sites excluding steroid dienone is 10. The molecule has 0 radical (unpaired) electrons. The Morgan fingerprint density at radius 1 is 0.429 bits per heavy atom. The lowest BCUT2D eigenvalue weighted by molar-refractivity contribution is -0.142. The topological polar surface area (TPSA) is 129 Å². The zero-order chi connectivity index (χ0) is 50.1. The molecule has 4 heterocycles. The molecule has 70 heavy (non-hydrogen) atoms. The second-order valence-electron chi connectivity index (χ2n) is 19.0. The first-order valence-electron chi connectivity index (χ1n) is 26.2. The van der Waals surface area contributed by atoms with Crippen molar-refractivity contribution in [3.05, 3.63) is 153 Å². The van der Waals surface area contributed by atoms with Gasteiger partial charge in [0, 0.05) is 62.1 Å². The molecule has 10 nitrogen and oxygen atoms in total. The van der Waals surface area contributed by atoms with Crippen LogP contribution >= 0.6 is 0 Å². The maximum atomic E-state index is 13.5. The summed E-state index contributed by atoms with van der Waals surface area (Å²) in [6, 6.07) is 12.6. The van der Waals surface area contributed by atoms with Crippen LogP contribution in [0, 0.1) is 22.7 Å². The molecule has 0 fully saturated rings. The lowest BCUT2D eigenvalue weighted by Crippen LogP contribution is -2.43. The van der Waals surface area contributed by atoms with Crippen LogP contribution in [0.25, 0.3) is 0 Å². The summed E-state index contributed by atoms with van der Waals surface area (Å²) in [5, 5.41) is 19.7. The van der Waals surface area contributed by atoms with Crippen LogP contribution in [0.3, 0.4) is 0 Å². The number of hydrogen-bond acceptors (Lipinski definition) is 8. The normalized spacial score (nSPS) is 17.3. The molecule has 1 aromatic rings. The molecule has 0 N–H and O–H groups in total. The Hall–Kier alpha value is -6.52. The Kier molecular flexibility index (Phi) is 22.9. The van der Waals surface area contributed by atoms with Crippen LogP contribution in [0.15, 0.2) is 142 Å². The number of rotatable bonds is 28. The lowest BCUT2D eigenvalue weighted by Gasteiger charge is -2.27. The van der Waals surface area contributed by atoms with Crippen LogP contribution in [0.4, 0.5) is 0 Å². The van der Waals surface area contributed by atoms with Crippen LogP contribution < -0.4 is 0 Å². The summed E-state index contributed by atoms with van der Waals surface area (Å²) >= 11 is 0. The molecule has 0 unspecified atom stereocenters. The monoisotopic (exact) mass is 945 g/mol. The van der Waals surface area contributed by atoms with Gasteiger partial charge in [-0.1, -0.05) is 166 Å². The zero-order valence-corrected chi connectivity index (χ0v) is 42.5. The fourth-order valence-corrected chi connectivity index (χ4v) is 9.13. The van der Waals surface area contributed by atoms with Gasteiger partial charge in [0.15, 0.2) is 0 Å². The molecule has 0 bridgehead atoms. The predicted molar refractivity (Wildman–Crippen MR) is 280 cm³/mol. The van der Waals surface area contributed by atoms with Crippen molar-refractivity contribution in [1.29, 1.82) is 10.5 Å². The Balaban J connectivity index is 1.08. The fourth-order valence-electron chi connectivity index (χ4n) is 9.13. The van der Waals surface area contributed by atoms with E-state index in [4.69, 9.17) is 0 Å². The number of carbonyl (C=O) groups excluding carboxylic acids is 4. The van der Waals surface area contributed by atoms with Crippen molar-refractivity contribution in [2.75, 3.05) is 13.1 Å². The van der Waals surface area contributed by atoms with Crippen molar-refractivity contribution in [1.82, 2.24) is 19.6 Å². The van der Waals surface area contributed by atoms with Crippen LogP contribution in [0.5, 0.6) is 0 Å². The lowest BCUT2D eigenvalue weighted by atomic mass is 9.94. The van der Waals surface area contributed by atoms with E-state index in [1.165, 1.54) is 99.7 Å². The molecule has 4 aliphatic rings. The third kappa shape index (κ3) is 16.3. The van der Waals surface area contributed by atoms with Gasteiger partial charge in [-0.05, 0) is 96.6 Å². The van der Waals surface area contributed by atoms with Crippen LogP contribution in [-0.4, -0.2) is 56.3 Å². The number of carbonyl (C=O) groups is 4. The second kappa shape index (κ2) is 29.5. The molecule has 4 aliphatic heterocycles. The summed E-state index contributed by atoms with van der Waals surface area (Å²) in [6.45, 7) is 9.80. The van der Waals surface area contributed by atoms with E-state index in [0.717, 1.165) is 60.8 Å². The SMILES string of the molecule is CCCCCCCCCCCCN1C(=O)C(C#N)=C(C)/C(=C/C=C2C=CN(Cc3ccc(CN4C=CC(=C/C=C5\C(=O)N(CCCCCCCCCCCC)C(=O)C(C#N)=C5C)C=C4)cc3)C=C2)C1=O. The highest BCUT2D eigenvalue weighted by atomic mass is 16.2. The summed E-state index contributed by atoms with van der Waals surface area (Å²) in [5.74, 6) is -1.68. The summed E-state index contributed by atoms with van der Waals surface area (Å²) in [6.07, 6.45) is 46.2. The Morgan fingerprint density at radius 2 is 0.729 bits per heavy atom. The Morgan fingerprint density at radius 3 is 1.03 bits per heavy atom. The van der Waals surface area contributed by atoms with E-state index in [-0.39, 0.29) is 23.0 Å². The summed E-state index contributed by atoms with van der Waals surface area (Å²) < 4.78 is 0. The van der Waals surface area contributed by atoms with E-state index in [9.17, 15) is 29.7 Å². The minimum Gasteiger partial charge on any atom is -0.350 e. The van der Waals surface area contributed by atoms with Crippen LogP contribution in [0.1, 0.15) is 167 Å². The molecule has 0 spiro atoms. The van der Waals surface area contributed by atoms with Gasteiger partial charge in [-0.25, -0.2) is 0 Å². The van der Waals surface area contributed by atoms with Crippen LogP contribution in [0.2, 0.25) is 0 Å². The van der Waals surface area contributed by atoms with Crippen molar-refractivity contribution < 1.29 is 19.2 Å². The standard InChI is InChI=1S/C60H76N6O4/c1-5-7-9-11-13-15-17-19-21-23-37-65-57(67)53(47(3)55(43-61)59(65)69)31-29-49-33-39-63(40-34-49)45-51-25-27-52(28-26-51)46-64-41-35-50(36-42-64)30-32-54-48(4)56(44-62)60(70)66(58(54)68)38-24-22-20-18-16-14-12-10-8-6-2/h25-36,39-42H,5-24,37-38,45-46H2,1-4H3/b53-31-,54-32-. The largest absolute Gasteiger partial charge is 0.350 e. The second-order valence-corrected chi connectivity index (χ2v) is 19.0. The Labute approximate surface area is 419 Å². The van der Waals surface area contributed by atoms with Crippen molar-refractivity contribution in [3.63, 3.8) is 0 Å². The molecule has 370 valence electrons. The minimum absolute atomic E-state index is 0.0313. The molecule has 0 saturated carbocycles. The van der Waals surface area contributed by atoms with Gasteiger partial charge < -0.3 is 9.80 Å². The van der Waals surface area contributed by atoms with E-state index >= 15 is 0 Å². The van der Waals surface area contributed by atoms with Gasteiger partial charge in [0.05, 0.1) is 0 Å². The summed E-state index contributed by atoms with van der Waals surface area (Å²) in [5.41, 5.74) is 5.74. The van der Waals surface area contributed by atoms with Gasteiger partial charge >= 0.3 is 0 Å². The summed E-state index contributed by atoms with van der Waals surface area (Å²) in [4.78, 5) is 60.0. The average molecular weight is 945 g/mol. The zero-order valence-electron chi connectivity index (χ0n) is 42.5. The van der Waals surface area contributed by atoms with E-state index in [0.29, 0.717) is 48.5 Å². The first kappa shape index (κ1) is 54.4. The number of unbranched alkanes of at least 4 members (excludes halogenated alkanes) is 18. The number of amides is 4.